The van der Waals surface area contributed by atoms with Crippen molar-refractivity contribution in [2.45, 2.75) is 77.2 Å². The van der Waals surface area contributed by atoms with Crippen LogP contribution >= 0.6 is 21.6 Å². The lowest BCUT2D eigenvalue weighted by atomic mass is 9.85. The average Bonchev–Trinajstić information content (AvgIpc) is 2.50. The van der Waals surface area contributed by atoms with Crippen molar-refractivity contribution in [3.8, 4) is 0 Å². The van der Waals surface area contributed by atoms with Crippen molar-refractivity contribution in [3.05, 3.63) is 34.4 Å². The molecule has 0 aromatic heterocycles. The molecule has 1 aromatic rings. The fraction of sp³-hybridized carbons (Fsp3) is 0.667. The zero-order valence-corrected chi connectivity index (χ0v) is 18.1. The first-order valence-corrected chi connectivity index (χ1v) is 11.6. The van der Waals surface area contributed by atoms with Gasteiger partial charge in [-0.1, -0.05) is 67.8 Å². The molecule has 25 heavy (non-hydrogen) atoms. The van der Waals surface area contributed by atoms with Gasteiger partial charge in [0.25, 0.3) is 0 Å². The van der Waals surface area contributed by atoms with E-state index in [0.29, 0.717) is 12.5 Å². The molecule has 1 saturated carbocycles. The quantitative estimate of drug-likeness (QED) is 0.383. The molecule has 140 valence electrons. The van der Waals surface area contributed by atoms with Crippen LogP contribution in [0.4, 0.5) is 0 Å². The average molecular weight is 381 g/mol. The number of aryl methyl sites for hydroxylation is 2. The Morgan fingerprint density at radius 1 is 1.16 bits per heavy atom. The molecule has 0 radical (unpaired) electrons. The highest BCUT2D eigenvalue weighted by Gasteiger charge is 2.39. The summed E-state index contributed by atoms with van der Waals surface area (Å²) in [5, 5.41) is 0. The molecule has 1 aliphatic carbocycles. The molecule has 0 N–H and O–H groups in total. The van der Waals surface area contributed by atoms with E-state index in [1.165, 1.54) is 28.7 Å². The summed E-state index contributed by atoms with van der Waals surface area (Å²) in [4.78, 5) is 11.8. The summed E-state index contributed by atoms with van der Waals surface area (Å²) >= 11 is 0. The minimum atomic E-state index is -0.0761. The van der Waals surface area contributed by atoms with Crippen molar-refractivity contribution in [1.82, 2.24) is 0 Å². The summed E-state index contributed by atoms with van der Waals surface area (Å²) in [7, 11) is 3.84. The summed E-state index contributed by atoms with van der Waals surface area (Å²) in [5.74, 6) is 1.47. The van der Waals surface area contributed by atoms with Gasteiger partial charge in [0.1, 0.15) is 6.61 Å². The first kappa shape index (κ1) is 20.7. The normalized spacial score (nSPS) is 16.2. The molecule has 0 unspecified atom stereocenters. The largest absolute Gasteiger partial charge is 0.464 e. The predicted octanol–water partition coefficient (Wildman–Crippen LogP) is 6.43. The van der Waals surface area contributed by atoms with E-state index in [-0.39, 0.29) is 16.6 Å². The first-order valence-electron chi connectivity index (χ1n) is 9.31. The van der Waals surface area contributed by atoms with Gasteiger partial charge in [-0.3, -0.25) is 4.79 Å². The molecule has 0 spiro atoms. The molecular formula is C21H32O2S2. The van der Waals surface area contributed by atoms with Crippen LogP contribution in [0.5, 0.6) is 0 Å². The van der Waals surface area contributed by atoms with Crippen molar-refractivity contribution in [2.75, 3.05) is 6.61 Å². The van der Waals surface area contributed by atoms with E-state index in [4.69, 9.17) is 4.74 Å². The highest BCUT2D eigenvalue weighted by atomic mass is 33.1. The molecule has 0 atom stereocenters. The Morgan fingerprint density at radius 2 is 1.76 bits per heavy atom. The molecule has 0 heterocycles. The van der Waals surface area contributed by atoms with Crippen LogP contribution in [0.3, 0.4) is 0 Å². The Morgan fingerprint density at radius 3 is 2.20 bits per heavy atom. The van der Waals surface area contributed by atoms with Gasteiger partial charge in [0, 0.05) is 5.75 Å². The summed E-state index contributed by atoms with van der Waals surface area (Å²) in [6.45, 7) is 13.3. The van der Waals surface area contributed by atoms with E-state index >= 15 is 0 Å². The molecule has 4 heteroatoms. The van der Waals surface area contributed by atoms with E-state index in [2.05, 4.69) is 39.8 Å². The molecule has 0 aliphatic heterocycles. The van der Waals surface area contributed by atoms with Gasteiger partial charge in [0.15, 0.2) is 0 Å². The Kier molecular flexibility index (Phi) is 7.33. The van der Waals surface area contributed by atoms with Gasteiger partial charge in [-0.2, -0.15) is 0 Å². The number of rotatable bonds is 8. The van der Waals surface area contributed by atoms with E-state index in [1.807, 2.05) is 35.4 Å². The minimum Gasteiger partial charge on any atom is -0.464 e. The standard InChI is InChI=1S/C21H32O2S2/c1-14(2)18-10-16(5)19(17(6)11-18)12-24-25-21(8-7-9-21)13-23-20(22)15(3)4/h10-11,14-15H,7-9,12-13H2,1-6H3. The van der Waals surface area contributed by atoms with E-state index < -0.39 is 0 Å². The number of carbonyl (C=O) groups is 1. The predicted molar refractivity (Wildman–Crippen MR) is 111 cm³/mol. The lowest BCUT2D eigenvalue weighted by molar-refractivity contribution is -0.148. The SMILES string of the molecule is Cc1cc(C(C)C)cc(C)c1CSSC1(COC(=O)C(C)C)CCC1. The fourth-order valence-corrected chi connectivity index (χ4v) is 6.36. The van der Waals surface area contributed by atoms with Gasteiger partial charge in [0.05, 0.1) is 10.7 Å². The maximum Gasteiger partial charge on any atom is 0.308 e. The second-order valence-electron chi connectivity index (χ2n) is 7.93. The lowest BCUT2D eigenvalue weighted by Crippen LogP contribution is -2.39. The number of esters is 1. The Bertz CT molecular complexity index is 581. The highest BCUT2D eigenvalue weighted by Crippen LogP contribution is 2.50. The molecule has 1 fully saturated rings. The van der Waals surface area contributed by atoms with Crippen molar-refractivity contribution in [2.24, 2.45) is 5.92 Å². The minimum absolute atomic E-state index is 0.0421. The van der Waals surface area contributed by atoms with Crippen molar-refractivity contribution in [3.63, 3.8) is 0 Å². The Balaban J connectivity index is 1.92. The summed E-state index contributed by atoms with van der Waals surface area (Å²) in [6.07, 6.45) is 3.55. The molecule has 1 aromatic carbocycles. The summed E-state index contributed by atoms with van der Waals surface area (Å²) in [5.41, 5.74) is 5.67. The molecule has 2 rings (SSSR count). The van der Waals surface area contributed by atoms with Gasteiger partial charge in [-0.15, -0.1) is 0 Å². The van der Waals surface area contributed by atoms with Crippen LogP contribution in [0.2, 0.25) is 0 Å². The van der Waals surface area contributed by atoms with Crippen molar-refractivity contribution in [1.29, 1.82) is 0 Å². The molecular weight excluding hydrogens is 348 g/mol. The fourth-order valence-electron chi connectivity index (χ4n) is 2.99. The number of hydrogen-bond donors (Lipinski definition) is 0. The van der Waals surface area contributed by atoms with Crippen LogP contribution < -0.4 is 0 Å². The topological polar surface area (TPSA) is 26.3 Å². The van der Waals surface area contributed by atoms with E-state index in [0.717, 1.165) is 18.6 Å². The molecule has 0 saturated heterocycles. The maximum atomic E-state index is 11.8. The first-order chi connectivity index (χ1) is 11.7. The van der Waals surface area contributed by atoms with Gasteiger partial charge in [0.2, 0.25) is 0 Å². The zero-order chi connectivity index (χ0) is 18.6. The number of ether oxygens (including phenoxy) is 1. The zero-order valence-electron chi connectivity index (χ0n) is 16.5. The van der Waals surface area contributed by atoms with Crippen LogP contribution in [0.15, 0.2) is 12.1 Å². The smallest absolute Gasteiger partial charge is 0.308 e. The lowest BCUT2D eigenvalue weighted by Gasteiger charge is -2.40. The Hall–Kier alpha value is -0.610. The van der Waals surface area contributed by atoms with Gasteiger partial charge >= 0.3 is 5.97 Å². The highest BCUT2D eigenvalue weighted by molar-refractivity contribution is 8.76. The van der Waals surface area contributed by atoms with Gasteiger partial charge < -0.3 is 4.74 Å². The van der Waals surface area contributed by atoms with Gasteiger partial charge in [-0.05, 0) is 54.9 Å². The van der Waals surface area contributed by atoms with Crippen LogP contribution in [0, 0.1) is 19.8 Å². The van der Waals surface area contributed by atoms with E-state index in [9.17, 15) is 4.79 Å². The van der Waals surface area contributed by atoms with Gasteiger partial charge in [-0.25, -0.2) is 0 Å². The van der Waals surface area contributed by atoms with Crippen LogP contribution in [-0.2, 0) is 15.3 Å². The van der Waals surface area contributed by atoms with E-state index in [1.54, 1.807) is 0 Å². The number of benzene rings is 1. The second kappa shape index (κ2) is 8.85. The molecule has 2 nitrogen and oxygen atoms in total. The molecule has 1 aliphatic rings. The third-order valence-electron chi connectivity index (χ3n) is 5.04. The Labute approximate surface area is 161 Å². The summed E-state index contributed by atoms with van der Waals surface area (Å²) < 4.78 is 5.66. The number of hydrogen-bond acceptors (Lipinski definition) is 4. The third kappa shape index (κ3) is 5.43. The van der Waals surface area contributed by atoms with Crippen molar-refractivity contribution >= 4 is 27.6 Å². The third-order valence-corrected chi connectivity index (χ3v) is 8.21. The summed E-state index contributed by atoms with van der Waals surface area (Å²) in [6, 6.07) is 4.67. The van der Waals surface area contributed by atoms with Crippen LogP contribution in [-0.4, -0.2) is 17.3 Å². The molecule has 0 amide bonds. The maximum absolute atomic E-state index is 11.8. The van der Waals surface area contributed by atoms with Crippen molar-refractivity contribution < 1.29 is 9.53 Å². The monoisotopic (exact) mass is 380 g/mol. The molecule has 0 bridgehead atoms. The van der Waals surface area contributed by atoms with Crippen LogP contribution in [0.1, 0.15) is 75.1 Å². The van der Waals surface area contributed by atoms with Crippen LogP contribution in [0.25, 0.3) is 0 Å². The number of carbonyl (C=O) groups excluding carboxylic acids is 1. The second-order valence-corrected chi connectivity index (χ2v) is 10.7.